The van der Waals surface area contributed by atoms with Crippen LogP contribution in [0.5, 0.6) is 0 Å². The molecule has 0 fully saturated rings. The van der Waals surface area contributed by atoms with Gasteiger partial charge in [-0.3, -0.25) is 4.79 Å². The van der Waals surface area contributed by atoms with Crippen LogP contribution in [0, 0.1) is 0 Å². The topological polar surface area (TPSA) is 101 Å². The summed E-state index contributed by atoms with van der Waals surface area (Å²) in [5.74, 6) is -4.53. The van der Waals surface area contributed by atoms with E-state index in [0.717, 1.165) is 25.1 Å². The van der Waals surface area contributed by atoms with Crippen LogP contribution < -0.4 is 15.8 Å². The van der Waals surface area contributed by atoms with E-state index in [1.807, 2.05) is 0 Å². The van der Waals surface area contributed by atoms with Gasteiger partial charge in [0.25, 0.3) is 5.92 Å². The molecular weight excluding hydrogens is 373 g/mol. The summed E-state index contributed by atoms with van der Waals surface area (Å²) in [6, 6.07) is 1.79. The molecule has 0 saturated heterocycles. The van der Waals surface area contributed by atoms with Gasteiger partial charge in [-0.25, -0.2) is 17.2 Å². The van der Waals surface area contributed by atoms with Gasteiger partial charge in [0.05, 0.1) is 29.6 Å². The summed E-state index contributed by atoms with van der Waals surface area (Å²) in [5.41, 5.74) is 3.37. The Hall–Kier alpha value is -1.79. The SMILES string of the molecule is CC(NS(=O)(=O)c1ccccc1C(F)(F)F)C(=O)NCC(F)(F)CN. The predicted octanol–water partition coefficient (Wildman–Crippen LogP) is 1.08. The molecule has 142 valence electrons. The Morgan fingerprint density at radius 1 is 1.20 bits per heavy atom. The summed E-state index contributed by atoms with van der Waals surface area (Å²) in [4.78, 5) is 10.6. The van der Waals surface area contributed by atoms with Crippen LogP contribution in [0.2, 0.25) is 0 Å². The number of nitrogens with one attached hydrogen (secondary N) is 2. The van der Waals surface area contributed by atoms with E-state index in [9.17, 15) is 35.2 Å². The summed E-state index contributed by atoms with van der Waals surface area (Å²) in [7, 11) is -4.72. The predicted molar refractivity (Wildman–Crippen MR) is 78.2 cm³/mol. The van der Waals surface area contributed by atoms with Crippen LogP contribution in [0.4, 0.5) is 22.0 Å². The second-order valence-electron chi connectivity index (χ2n) is 5.11. The molecule has 12 heteroatoms. The first-order valence-corrected chi connectivity index (χ1v) is 8.32. The second-order valence-corrected chi connectivity index (χ2v) is 6.80. The van der Waals surface area contributed by atoms with Crippen molar-refractivity contribution < 1.29 is 35.2 Å². The summed E-state index contributed by atoms with van der Waals surface area (Å²) < 4.78 is 90.6. The molecule has 0 saturated carbocycles. The first-order valence-electron chi connectivity index (χ1n) is 6.84. The second kappa shape index (κ2) is 7.62. The van der Waals surface area contributed by atoms with E-state index in [-0.39, 0.29) is 0 Å². The molecule has 4 N–H and O–H groups in total. The zero-order valence-electron chi connectivity index (χ0n) is 12.9. The third-order valence-corrected chi connectivity index (χ3v) is 4.63. The fraction of sp³-hybridized carbons (Fsp3) is 0.462. The summed E-state index contributed by atoms with van der Waals surface area (Å²) in [5, 5.41) is 1.77. The van der Waals surface area contributed by atoms with Crippen LogP contribution in [0.15, 0.2) is 29.2 Å². The average molecular weight is 389 g/mol. The van der Waals surface area contributed by atoms with Crippen molar-refractivity contribution in [2.75, 3.05) is 13.1 Å². The highest BCUT2D eigenvalue weighted by Crippen LogP contribution is 2.33. The molecule has 1 unspecified atom stereocenters. The molecule has 0 aliphatic carbocycles. The molecule has 1 amide bonds. The number of hydrogen-bond acceptors (Lipinski definition) is 4. The van der Waals surface area contributed by atoms with Gasteiger partial charge in [0.2, 0.25) is 15.9 Å². The van der Waals surface area contributed by atoms with Crippen molar-refractivity contribution in [1.82, 2.24) is 10.0 Å². The molecule has 25 heavy (non-hydrogen) atoms. The molecule has 0 radical (unpaired) electrons. The monoisotopic (exact) mass is 389 g/mol. The van der Waals surface area contributed by atoms with Gasteiger partial charge in [-0.15, -0.1) is 0 Å². The molecule has 0 aliphatic heterocycles. The molecule has 0 spiro atoms. The smallest absolute Gasteiger partial charge is 0.349 e. The van der Waals surface area contributed by atoms with E-state index in [0.29, 0.717) is 6.07 Å². The van der Waals surface area contributed by atoms with Crippen molar-refractivity contribution in [2.24, 2.45) is 5.73 Å². The number of alkyl halides is 5. The number of benzene rings is 1. The van der Waals surface area contributed by atoms with Gasteiger partial charge in [0.15, 0.2) is 0 Å². The third kappa shape index (κ3) is 5.90. The van der Waals surface area contributed by atoms with E-state index >= 15 is 0 Å². The highest BCUT2D eigenvalue weighted by atomic mass is 32.2. The van der Waals surface area contributed by atoms with Gasteiger partial charge in [-0.2, -0.15) is 17.9 Å². The lowest BCUT2D eigenvalue weighted by Gasteiger charge is -2.19. The fourth-order valence-corrected chi connectivity index (χ4v) is 3.16. The zero-order valence-corrected chi connectivity index (χ0v) is 13.7. The first kappa shape index (κ1) is 21.3. The van der Waals surface area contributed by atoms with Crippen molar-refractivity contribution in [3.63, 3.8) is 0 Å². The molecular formula is C13H16F5N3O3S. The lowest BCUT2D eigenvalue weighted by Crippen LogP contribution is -2.49. The maximum Gasteiger partial charge on any atom is 0.417 e. The minimum Gasteiger partial charge on any atom is -0.349 e. The molecule has 0 bridgehead atoms. The lowest BCUT2D eigenvalue weighted by molar-refractivity contribution is -0.139. The number of halogens is 5. The van der Waals surface area contributed by atoms with Gasteiger partial charge >= 0.3 is 6.18 Å². The van der Waals surface area contributed by atoms with Gasteiger partial charge < -0.3 is 11.1 Å². The molecule has 0 aromatic heterocycles. The van der Waals surface area contributed by atoms with Crippen molar-refractivity contribution in [2.45, 2.75) is 30.0 Å². The normalized spacial score (nSPS) is 14.2. The molecule has 6 nitrogen and oxygen atoms in total. The standard InChI is InChI=1S/C13H16F5N3O3S/c1-8(11(22)20-7-12(14,15)6-19)21-25(23,24)10-5-3-2-4-9(10)13(16,17)18/h2-5,8,21H,6-7,19H2,1H3,(H,20,22). The van der Waals surface area contributed by atoms with E-state index in [1.54, 1.807) is 10.0 Å². The Bertz CT molecular complexity index is 722. The van der Waals surface area contributed by atoms with E-state index in [1.165, 1.54) is 0 Å². The third-order valence-electron chi connectivity index (χ3n) is 3.03. The molecule has 1 rings (SSSR count). The summed E-state index contributed by atoms with van der Waals surface area (Å²) >= 11 is 0. The van der Waals surface area contributed by atoms with Crippen molar-refractivity contribution in [3.8, 4) is 0 Å². The number of sulfonamides is 1. The quantitative estimate of drug-likeness (QED) is 0.608. The largest absolute Gasteiger partial charge is 0.417 e. The Morgan fingerprint density at radius 2 is 1.76 bits per heavy atom. The van der Waals surface area contributed by atoms with Gasteiger partial charge in [-0.05, 0) is 19.1 Å². The number of carbonyl (C=O) groups is 1. The van der Waals surface area contributed by atoms with Crippen LogP contribution in [0.25, 0.3) is 0 Å². The van der Waals surface area contributed by atoms with Crippen LogP contribution in [0.3, 0.4) is 0 Å². The van der Waals surface area contributed by atoms with Gasteiger partial charge in [-0.1, -0.05) is 12.1 Å². The molecule has 0 aliphatic rings. The number of nitrogens with two attached hydrogens (primary N) is 1. The van der Waals surface area contributed by atoms with Gasteiger partial charge in [0.1, 0.15) is 0 Å². The van der Waals surface area contributed by atoms with E-state index < -0.39 is 57.6 Å². The van der Waals surface area contributed by atoms with Crippen LogP contribution in [-0.4, -0.2) is 39.4 Å². The average Bonchev–Trinajstić information content (AvgIpc) is 2.51. The number of carbonyl (C=O) groups excluding carboxylic acids is 1. The molecule has 1 atom stereocenters. The fourth-order valence-electron chi connectivity index (χ4n) is 1.73. The van der Waals surface area contributed by atoms with E-state index in [2.05, 4.69) is 0 Å². The highest BCUT2D eigenvalue weighted by Gasteiger charge is 2.37. The number of amides is 1. The summed E-state index contributed by atoms with van der Waals surface area (Å²) in [6.45, 7) is -1.16. The Kier molecular flexibility index (Phi) is 6.48. The summed E-state index contributed by atoms with van der Waals surface area (Å²) in [6.07, 6.45) is -4.93. The number of hydrogen-bond donors (Lipinski definition) is 3. The van der Waals surface area contributed by atoms with Crippen molar-refractivity contribution in [1.29, 1.82) is 0 Å². The Labute approximate surface area is 140 Å². The minimum absolute atomic E-state index is 0.571. The minimum atomic E-state index is -4.93. The molecule has 1 aromatic rings. The van der Waals surface area contributed by atoms with E-state index in [4.69, 9.17) is 5.73 Å². The zero-order chi connectivity index (χ0) is 19.5. The van der Waals surface area contributed by atoms with Gasteiger partial charge in [0, 0.05) is 0 Å². The van der Waals surface area contributed by atoms with Crippen LogP contribution in [-0.2, 0) is 21.0 Å². The molecule has 1 aromatic carbocycles. The lowest BCUT2D eigenvalue weighted by atomic mass is 10.2. The molecule has 0 heterocycles. The van der Waals surface area contributed by atoms with Crippen LogP contribution in [0.1, 0.15) is 12.5 Å². The number of rotatable bonds is 7. The highest BCUT2D eigenvalue weighted by molar-refractivity contribution is 7.89. The Balaban J connectivity index is 2.94. The first-order chi connectivity index (χ1) is 11.3. The Morgan fingerprint density at radius 3 is 2.28 bits per heavy atom. The van der Waals surface area contributed by atoms with Crippen molar-refractivity contribution in [3.05, 3.63) is 29.8 Å². The van der Waals surface area contributed by atoms with Crippen LogP contribution >= 0.6 is 0 Å². The maximum atomic E-state index is 13.0. The van der Waals surface area contributed by atoms with Crippen molar-refractivity contribution >= 4 is 15.9 Å². The maximum absolute atomic E-state index is 13.0.